The molecule has 0 N–H and O–H groups in total. The molecule has 0 fully saturated rings. The Morgan fingerprint density at radius 3 is 1.62 bits per heavy atom. The fourth-order valence-corrected chi connectivity index (χ4v) is 3.02. The number of hydrogen-bond acceptors (Lipinski definition) is 3. The van der Waals surface area contributed by atoms with E-state index in [0.29, 0.717) is 0 Å². The highest BCUT2D eigenvalue weighted by molar-refractivity contribution is 5.63. The third kappa shape index (κ3) is 4.77. The van der Waals surface area contributed by atoms with Crippen LogP contribution >= 0.6 is 0 Å². The smallest absolute Gasteiger partial charge is 0.131 e. The van der Waals surface area contributed by atoms with Gasteiger partial charge in [-0.15, -0.1) is 0 Å². The normalized spacial score (nSPS) is 10.4. The predicted octanol–water partition coefficient (Wildman–Crippen LogP) is 7.35. The SMILES string of the molecule is Cc1ccc(Oc2cccc(Oc3ccc(N(C)c4ccccc4)cc3)c2)cc1. The predicted molar refractivity (Wildman–Crippen MR) is 119 cm³/mol. The molecule has 0 saturated heterocycles. The van der Waals surface area contributed by atoms with Crippen LogP contribution in [0.5, 0.6) is 23.0 Å². The summed E-state index contributed by atoms with van der Waals surface area (Å²) in [5.74, 6) is 3.06. The van der Waals surface area contributed by atoms with Gasteiger partial charge in [0.05, 0.1) is 0 Å². The summed E-state index contributed by atoms with van der Waals surface area (Å²) in [6.45, 7) is 2.06. The van der Waals surface area contributed by atoms with E-state index in [2.05, 4.69) is 43.1 Å². The van der Waals surface area contributed by atoms with Crippen molar-refractivity contribution in [3.63, 3.8) is 0 Å². The minimum Gasteiger partial charge on any atom is -0.457 e. The number of benzene rings is 4. The van der Waals surface area contributed by atoms with Gasteiger partial charge in [0.1, 0.15) is 23.0 Å². The van der Waals surface area contributed by atoms with Crippen molar-refractivity contribution in [3.05, 3.63) is 109 Å². The summed E-state index contributed by atoms with van der Waals surface area (Å²) < 4.78 is 11.9. The van der Waals surface area contributed by atoms with Gasteiger partial charge in [-0.1, -0.05) is 42.0 Å². The van der Waals surface area contributed by atoms with Crippen LogP contribution in [0.4, 0.5) is 11.4 Å². The summed E-state index contributed by atoms with van der Waals surface area (Å²) in [6, 6.07) is 34.0. The van der Waals surface area contributed by atoms with E-state index in [1.165, 1.54) is 5.56 Å². The van der Waals surface area contributed by atoms with Gasteiger partial charge >= 0.3 is 0 Å². The minimum atomic E-state index is 0.735. The van der Waals surface area contributed by atoms with Crippen molar-refractivity contribution < 1.29 is 9.47 Å². The number of ether oxygens (including phenoxy) is 2. The highest BCUT2D eigenvalue weighted by Gasteiger charge is 2.05. The number of aryl methyl sites for hydroxylation is 1. The maximum atomic E-state index is 6.02. The second-order valence-corrected chi connectivity index (χ2v) is 6.88. The molecule has 0 saturated carbocycles. The van der Waals surface area contributed by atoms with Gasteiger partial charge in [-0.3, -0.25) is 0 Å². The Kier molecular flexibility index (Phi) is 5.48. The highest BCUT2D eigenvalue weighted by Crippen LogP contribution is 2.30. The van der Waals surface area contributed by atoms with Gasteiger partial charge < -0.3 is 14.4 Å². The molecule has 0 radical (unpaired) electrons. The monoisotopic (exact) mass is 381 g/mol. The van der Waals surface area contributed by atoms with Gasteiger partial charge in [-0.2, -0.15) is 0 Å². The molecule has 0 amide bonds. The number of hydrogen-bond donors (Lipinski definition) is 0. The van der Waals surface area contributed by atoms with E-state index in [1.807, 2.05) is 78.9 Å². The zero-order valence-corrected chi connectivity index (χ0v) is 16.6. The van der Waals surface area contributed by atoms with Crippen LogP contribution in [0.25, 0.3) is 0 Å². The molecular weight excluding hydrogens is 358 g/mol. The lowest BCUT2D eigenvalue weighted by Gasteiger charge is -2.19. The molecule has 3 heteroatoms. The number of rotatable bonds is 6. The van der Waals surface area contributed by atoms with Crippen molar-refractivity contribution in [2.75, 3.05) is 11.9 Å². The van der Waals surface area contributed by atoms with Crippen molar-refractivity contribution in [1.82, 2.24) is 0 Å². The summed E-state index contributed by atoms with van der Waals surface area (Å²) in [5, 5.41) is 0. The largest absolute Gasteiger partial charge is 0.457 e. The van der Waals surface area contributed by atoms with Gasteiger partial charge in [0, 0.05) is 24.5 Å². The van der Waals surface area contributed by atoms with Crippen LogP contribution in [-0.2, 0) is 0 Å². The molecule has 3 nitrogen and oxygen atoms in total. The second-order valence-electron chi connectivity index (χ2n) is 6.88. The molecule has 0 heterocycles. The highest BCUT2D eigenvalue weighted by atomic mass is 16.5. The fourth-order valence-electron chi connectivity index (χ4n) is 3.02. The van der Waals surface area contributed by atoms with Crippen LogP contribution in [0, 0.1) is 6.92 Å². The van der Waals surface area contributed by atoms with Crippen molar-refractivity contribution in [2.24, 2.45) is 0 Å². The molecule has 0 aliphatic carbocycles. The molecule has 0 bridgehead atoms. The molecule has 4 rings (SSSR count). The molecule has 144 valence electrons. The minimum absolute atomic E-state index is 0.735. The third-order valence-corrected chi connectivity index (χ3v) is 4.67. The van der Waals surface area contributed by atoms with E-state index < -0.39 is 0 Å². The average Bonchev–Trinajstić information content (AvgIpc) is 2.76. The van der Waals surface area contributed by atoms with Crippen LogP contribution in [-0.4, -0.2) is 7.05 Å². The van der Waals surface area contributed by atoms with E-state index in [4.69, 9.17) is 9.47 Å². The standard InChI is InChI=1S/C26H23NO2/c1-20-11-15-23(16-12-20)28-25-9-6-10-26(19-25)29-24-17-13-22(14-18-24)27(2)21-7-4-3-5-8-21/h3-19H,1-2H3. The Balaban J connectivity index is 1.44. The number of nitrogens with zero attached hydrogens (tertiary/aromatic N) is 1. The second kappa shape index (κ2) is 8.53. The first-order chi connectivity index (χ1) is 14.2. The Bertz CT molecular complexity index is 1060. The summed E-state index contributed by atoms with van der Waals surface area (Å²) in [4.78, 5) is 2.14. The molecule has 0 aliphatic rings. The van der Waals surface area contributed by atoms with Crippen LogP contribution in [0.2, 0.25) is 0 Å². The summed E-state index contributed by atoms with van der Waals surface area (Å²) in [7, 11) is 2.05. The first kappa shape index (κ1) is 18.6. The van der Waals surface area contributed by atoms with E-state index in [1.54, 1.807) is 0 Å². The summed E-state index contributed by atoms with van der Waals surface area (Å²) >= 11 is 0. The number of anilines is 2. The van der Waals surface area contributed by atoms with Crippen LogP contribution < -0.4 is 14.4 Å². The Hall–Kier alpha value is -3.72. The van der Waals surface area contributed by atoms with E-state index in [0.717, 1.165) is 34.4 Å². The first-order valence-corrected chi connectivity index (χ1v) is 9.59. The molecule has 4 aromatic rings. The van der Waals surface area contributed by atoms with Gasteiger partial charge in [0.2, 0.25) is 0 Å². The summed E-state index contributed by atoms with van der Waals surface area (Å²) in [6.07, 6.45) is 0. The molecule has 0 aliphatic heterocycles. The van der Waals surface area contributed by atoms with Crippen molar-refractivity contribution in [2.45, 2.75) is 6.92 Å². The lowest BCUT2D eigenvalue weighted by Crippen LogP contribution is -2.08. The van der Waals surface area contributed by atoms with Crippen molar-refractivity contribution >= 4 is 11.4 Å². The molecule has 0 aromatic heterocycles. The quantitative estimate of drug-likeness (QED) is 0.348. The molecule has 0 spiro atoms. The van der Waals surface area contributed by atoms with Crippen LogP contribution in [0.1, 0.15) is 5.56 Å². The fraction of sp³-hybridized carbons (Fsp3) is 0.0769. The average molecular weight is 381 g/mol. The van der Waals surface area contributed by atoms with Gasteiger partial charge in [-0.25, -0.2) is 0 Å². The molecular formula is C26H23NO2. The lowest BCUT2D eigenvalue weighted by atomic mass is 10.2. The maximum Gasteiger partial charge on any atom is 0.131 e. The van der Waals surface area contributed by atoms with E-state index in [9.17, 15) is 0 Å². The van der Waals surface area contributed by atoms with E-state index in [-0.39, 0.29) is 0 Å². The maximum absolute atomic E-state index is 6.02. The zero-order chi connectivity index (χ0) is 20.1. The molecule has 29 heavy (non-hydrogen) atoms. The van der Waals surface area contributed by atoms with Crippen molar-refractivity contribution in [1.29, 1.82) is 0 Å². The summed E-state index contributed by atoms with van der Waals surface area (Å²) in [5.41, 5.74) is 3.44. The van der Waals surface area contributed by atoms with Crippen LogP contribution in [0.3, 0.4) is 0 Å². The van der Waals surface area contributed by atoms with Crippen molar-refractivity contribution in [3.8, 4) is 23.0 Å². The Labute approximate surface area is 171 Å². The van der Waals surface area contributed by atoms with Gasteiger partial charge in [-0.05, 0) is 67.6 Å². The van der Waals surface area contributed by atoms with Gasteiger partial charge in [0.15, 0.2) is 0 Å². The van der Waals surface area contributed by atoms with Gasteiger partial charge in [0.25, 0.3) is 0 Å². The van der Waals surface area contributed by atoms with E-state index >= 15 is 0 Å². The third-order valence-electron chi connectivity index (χ3n) is 4.67. The molecule has 0 atom stereocenters. The molecule has 0 unspecified atom stereocenters. The number of para-hydroxylation sites is 1. The molecule has 4 aromatic carbocycles. The Morgan fingerprint density at radius 1 is 0.517 bits per heavy atom. The zero-order valence-electron chi connectivity index (χ0n) is 16.6. The lowest BCUT2D eigenvalue weighted by molar-refractivity contribution is 0.460. The first-order valence-electron chi connectivity index (χ1n) is 9.59. The van der Waals surface area contributed by atoms with Crippen LogP contribution in [0.15, 0.2) is 103 Å². The Morgan fingerprint density at radius 2 is 1.03 bits per heavy atom. The topological polar surface area (TPSA) is 21.7 Å².